The van der Waals surface area contributed by atoms with Crippen molar-refractivity contribution in [3.8, 4) is 5.75 Å². The van der Waals surface area contributed by atoms with Gasteiger partial charge >= 0.3 is 0 Å². The Balaban J connectivity index is 2.65. The summed E-state index contributed by atoms with van der Waals surface area (Å²) in [5.74, 6) is 0.549. The fourth-order valence-electron chi connectivity index (χ4n) is 1.74. The van der Waals surface area contributed by atoms with E-state index in [1.54, 1.807) is 0 Å². The molecule has 1 amide bonds. The lowest BCUT2D eigenvalue weighted by Crippen LogP contribution is -2.43. The van der Waals surface area contributed by atoms with Crippen LogP contribution >= 0.6 is 0 Å². The van der Waals surface area contributed by atoms with E-state index in [9.17, 15) is 4.79 Å². The van der Waals surface area contributed by atoms with E-state index in [-0.39, 0.29) is 24.1 Å². The molecular weight excluding hydrogens is 240 g/mol. The predicted molar refractivity (Wildman–Crippen MR) is 77.1 cm³/mol. The van der Waals surface area contributed by atoms with Gasteiger partial charge in [-0.05, 0) is 33.3 Å². The van der Waals surface area contributed by atoms with Crippen molar-refractivity contribution in [2.45, 2.75) is 45.7 Å². The number of carbonyl (C=O) groups excluding carboxylic acids is 1. The number of nitrogens with one attached hydrogen (secondary N) is 1. The Labute approximate surface area is 115 Å². The summed E-state index contributed by atoms with van der Waals surface area (Å²) in [7, 11) is 0. The zero-order valence-corrected chi connectivity index (χ0v) is 12.2. The van der Waals surface area contributed by atoms with Gasteiger partial charge in [-0.25, -0.2) is 0 Å². The van der Waals surface area contributed by atoms with Gasteiger partial charge in [-0.15, -0.1) is 0 Å². The zero-order chi connectivity index (χ0) is 14.5. The minimum absolute atomic E-state index is 0.00468. The molecule has 106 valence electrons. The maximum atomic E-state index is 11.7. The lowest BCUT2D eigenvalue weighted by atomic mass is 10.0. The van der Waals surface area contributed by atoms with Crippen molar-refractivity contribution in [2.24, 2.45) is 5.73 Å². The number of para-hydroxylation sites is 1. The fraction of sp³-hybridized carbons (Fsp3) is 0.533. The highest BCUT2D eigenvalue weighted by Gasteiger charge is 2.15. The van der Waals surface area contributed by atoms with E-state index in [1.165, 1.54) is 0 Å². The number of nitrogens with two attached hydrogens (primary N) is 1. The summed E-state index contributed by atoms with van der Waals surface area (Å²) in [5, 5.41) is 2.86. The molecule has 0 aliphatic rings. The number of hydrogen-bond acceptors (Lipinski definition) is 3. The van der Waals surface area contributed by atoms with Crippen LogP contribution in [0.2, 0.25) is 0 Å². The summed E-state index contributed by atoms with van der Waals surface area (Å²) < 4.78 is 5.58. The molecule has 0 aliphatic heterocycles. The molecule has 0 heterocycles. The predicted octanol–water partition coefficient (Wildman–Crippen LogP) is 2.39. The first-order valence-corrected chi connectivity index (χ1v) is 6.62. The molecule has 19 heavy (non-hydrogen) atoms. The quantitative estimate of drug-likeness (QED) is 0.858. The van der Waals surface area contributed by atoms with Crippen LogP contribution in [0.15, 0.2) is 24.3 Å². The lowest BCUT2D eigenvalue weighted by Gasteiger charge is -2.21. The van der Waals surface area contributed by atoms with Crippen LogP contribution < -0.4 is 15.8 Å². The number of ether oxygens (including phenoxy) is 1. The Bertz CT molecular complexity index is 424. The number of benzene rings is 1. The first-order chi connectivity index (χ1) is 8.83. The average Bonchev–Trinajstić information content (AvgIpc) is 2.33. The molecule has 0 bridgehead atoms. The van der Waals surface area contributed by atoms with E-state index in [4.69, 9.17) is 10.5 Å². The second-order valence-electron chi connectivity index (χ2n) is 5.64. The molecule has 1 aromatic rings. The molecule has 0 radical (unpaired) electrons. The SMILES string of the molecule is CC[C@@H](N)c1ccccc1OCC(=O)NC(C)(C)C. The second kappa shape index (κ2) is 6.57. The number of rotatable bonds is 5. The summed E-state index contributed by atoms with van der Waals surface area (Å²) in [6.07, 6.45) is 0.828. The highest BCUT2D eigenvalue weighted by Crippen LogP contribution is 2.25. The third kappa shape index (κ3) is 5.30. The van der Waals surface area contributed by atoms with Gasteiger partial charge in [-0.2, -0.15) is 0 Å². The molecule has 1 atom stereocenters. The molecule has 4 nitrogen and oxygen atoms in total. The van der Waals surface area contributed by atoms with Crippen LogP contribution in [0.5, 0.6) is 5.75 Å². The second-order valence-corrected chi connectivity index (χ2v) is 5.64. The van der Waals surface area contributed by atoms with E-state index in [2.05, 4.69) is 5.32 Å². The normalized spacial score (nSPS) is 12.9. The van der Waals surface area contributed by atoms with Gasteiger partial charge in [0, 0.05) is 17.1 Å². The zero-order valence-electron chi connectivity index (χ0n) is 12.2. The van der Waals surface area contributed by atoms with Crippen LogP contribution in [0.25, 0.3) is 0 Å². The van der Waals surface area contributed by atoms with Crippen molar-refractivity contribution in [2.75, 3.05) is 6.61 Å². The number of carbonyl (C=O) groups is 1. The van der Waals surface area contributed by atoms with Crippen LogP contribution in [0, 0.1) is 0 Å². The van der Waals surface area contributed by atoms with Crippen molar-refractivity contribution in [3.63, 3.8) is 0 Å². The Morgan fingerprint density at radius 2 is 2.00 bits per heavy atom. The minimum atomic E-state index is -0.250. The van der Waals surface area contributed by atoms with Gasteiger partial charge in [0.05, 0.1) is 0 Å². The highest BCUT2D eigenvalue weighted by molar-refractivity contribution is 5.78. The van der Waals surface area contributed by atoms with Gasteiger partial charge in [0.15, 0.2) is 6.61 Å². The summed E-state index contributed by atoms with van der Waals surface area (Å²) in [6, 6.07) is 7.51. The topological polar surface area (TPSA) is 64.3 Å². The molecule has 0 fully saturated rings. The maximum absolute atomic E-state index is 11.7. The highest BCUT2D eigenvalue weighted by atomic mass is 16.5. The summed E-state index contributed by atoms with van der Waals surface area (Å²) in [4.78, 5) is 11.7. The Morgan fingerprint density at radius 3 is 2.58 bits per heavy atom. The van der Waals surface area contributed by atoms with Gasteiger partial charge in [-0.3, -0.25) is 4.79 Å². The minimum Gasteiger partial charge on any atom is -0.483 e. The lowest BCUT2D eigenvalue weighted by molar-refractivity contribution is -0.124. The standard InChI is InChI=1S/C15H24N2O2/c1-5-12(16)11-8-6-7-9-13(11)19-10-14(18)17-15(2,3)4/h6-9,12H,5,10,16H2,1-4H3,(H,17,18)/t12-/m1/s1. The van der Waals surface area contributed by atoms with E-state index in [1.807, 2.05) is 52.0 Å². The molecule has 3 N–H and O–H groups in total. The summed E-state index contributed by atoms with van der Waals surface area (Å²) in [6.45, 7) is 7.84. The van der Waals surface area contributed by atoms with Gasteiger partial charge in [0.1, 0.15) is 5.75 Å². The number of hydrogen-bond donors (Lipinski definition) is 2. The third-order valence-electron chi connectivity index (χ3n) is 2.63. The molecule has 0 unspecified atom stereocenters. The van der Waals surface area contributed by atoms with Crippen LogP contribution in [-0.2, 0) is 4.79 Å². The molecule has 0 aliphatic carbocycles. The van der Waals surface area contributed by atoms with Crippen molar-refractivity contribution in [1.82, 2.24) is 5.32 Å². The largest absolute Gasteiger partial charge is 0.483 e. The van der Waals surface area contributed by atoms with Crippen LogP contribution in [0.4, 0.5) is 0 Å². The molecule has 0 saturated heterocycles. The van der Waals surface area contributed by atoms with E-state index >= 15 is 0 Å². The monoisotopic (exact) mass is 264 g/mol. The fourth-order valence-corrected chi connectivity index (χ4v) is 1.74. The molecule has 0 aromatic heterocycles. The average molecular weight is 264 g/mol. The van der Waals surface area contributed by atoms with Crippen LogP contribution in [0.1, 0.15) is 45.7 Å². The molecule has 4 heteroatoms. The first kappa shape index (κ1) is 15.5. The van der Waals surface area contributed by atoms with Crippen molar-refractivity contribution >= 4 is 5.91 Å². The van der Waals surface area contributed by atoms with Gasteiger partial charge in [0.25, 0.3) is 5.91 Å². The van der Waals surface area contributed by atoms with E-state index in [0.29, 0.717) is 5.75 Å². The molecule has 0 spiro atoms. The molecule has 1 rings (SSSR count). The maximum Gasteiger partial charge on any atom is 0.258 e. The summed E-state index contributed by atoms with van der Waals surface area (Å²) in [5.41, 5.74) is 6.71. The van der Waals surface area contributed by atoms with Gasteiger partial charge in [0.2, 0.25) is 0 Å². The molecule has 1 aromatic carbocycles. The Kier molecular flexibility index (Phi) is 5.36. The van der Waals surface area contributed by atoms with E-state index in [0.717, 1.165) is 12.0 Å². The smallest absolute Gasteiger partial charge is 0.258 e. The summed E-state index contributed by atoms with van der Waals surface area (Å²) >= 11 is 0. The van der Waals surface area contributed by atoms with Crippen LogP contribution in [-0.4, -0.2) is 18.1 Å². The molecular formula is C15H24N2O2. The third-order valence-corrected chi connectivity index (χ3v) is 2.63. The van der Waals surface area contributed by atoms with Crippen molar-refractivity contribution < 1.29 is 9.53 Å². The Hall–Kier alpha value is -1.55. The molecule has 0 saturated carbocycles. The van der Waals surface area contributed by atoms with Crippen molar-refractivity contribution in [3.05, 3.63) is 29.8 Å². The van der Waals surface area contributed by atoms with Gasteiger partial charge < -0.3 is 15.8 Å². The van der Waals surface area contributed by atoms with Crippen molar-refractivity contribution in [1.29, 1.82) is 0 Å². The van der Waals surface area contributed by atoms with Crippen LogP contribution in [0.3, 0.4) is 0 Å². The number of amides is 1. The first-order valence-electron chi connectivity index (χ1n) is 6.62. The Morgan fingerprint density at radius 1 is 1.37 bits per heavy atom. The van der Waals surface area contributed by atoms with Gasteiger partial charge in [-0.1, -0.05) is 25.1 Å². The van der Waals surface area contributed by atoms with E-state index < -0.39 is 0 Å².